The van der Waals surface area contributed by atoms with Gasteiger partial charge in [0.05, 0.1) is 13.2 Å². The molecule has 8 heteroatoms. The lowest BCUT2D eigenvalue weighted by Gasteiger charge is -2.28. The van der Waals surface area contributed by atoms with Crippen LogP contribution in [-0.2, 0) is 17.9 Å². The van der Waals surface area contributed by atoms with E-state index in [2.05, 4.69) is 9.64 Å². The van der Waals surface area contributed by atoms with Crippen LogP contribution in [0.3, 0.4) is 0 Å². The van der Waals surface area contributed by atoms with Crippen molar-refractivity contribution in [3.05, 3.63) is 59.4 Å². The smallest absolute Gasteiger partial charge is 0.387 e. The third-order valence-electron chi connectivity index (χ3n) is 5.92. The van der Waals surface area contributed by atoms with Crippen molar-refractivity contribution >= 4 is 5.91 Å². The maximum Gasteiger partial charge on any atom is 0.387 e. The van der Waals surface area contributed by atoms with E-state index in [-0.39, 0.29) is 42.4 Å². The van der Waals surface area contributed by atoms with Crippen molar-refractivity contribution in [2.24, 2.45) is 0 Å². The zero-order chi connectivity index (χ0) is 23.4. The Morgan fingerprint density at radius 3 is 2.39 bits per heavy atom. The summed E-state index contributed by atoms with van der Waals surface area (Å²) in [5, 5.41) is 0. The van der Waals surface area contributed by atoms with Gasteiger partial charge in [0.1, 0.15) is 5.82 Å². The second-order valence-electron chi connectivity index (χ2n) is 8.57. The number of carbonyl (C=O) groups is 1. The van der Waals surface area contributed by atoms with Gasteiger partial charge in [-0.05, 0) is 56.4 Å². The molecular formula is C25H29F3N2O3. The minimum absolute atomic E-state index is 0.00514. The van der Waals surface area contributed by atoms with Crippen LogP contribution in [0.5, 0.6) is 11.5 Å². The van der Waals surface area contributed by atoms with E-state index < -0.39 is 6.61 Å². The predicted octanol–water partition coefficient (Wildman–Crippen LogP) is 4.98. The molecule has 0 aliphatic heterocycles. The molecule has 0 heterocycles. The number of hydrogen-bond acceptors (Lipinski definition) is 4. The molecule has 0 unspecified atom stereocenters. The zero-order valence-electron chi connectivity index (χ0n) is 18.7. The van der Waals surface area contributed by atoms with Gasteiger partial charge >= 0.3 is 6.61 Å². The molecule has 0 aromatic heterocycles. The summed E-state index contributed by atoms with van der Waals surface area (Å²) in [5.41, 5.74) is 1.37. The van der Waals surface area contributed by atoms with Crippen LogP contribution in [0.2, 0.25) is 0 Å². The van der Waals surface area contributed by atoms with Crippen LogP contribution in [0.15, 0.2) is 42.5 Å². The average molecular weight is 463 g/mol. The van der Waals surface area contributed by atoms with Gasteiger partial charge in [-0.1, -0.05) is 24.3 Å². The number of nitrogens with zero attached hydrogens (tertiary/aromatic N) is 2. The van der Waals surface area contributed by atoms with E-state index in [1.165, 1.54) is 12.1 Å². The highest BCUT2D eigenvalue weighted by Crippen LogP contribution is 2.34. The lowest BCUT2D eigenvalue weighted by molar-refractivity contribution is -0.134. The van der Waals surface area contributed by atoms with E-state index in [4.69, 9.17) is 4.74 Å². The Morgan fingerprint density at radius 2 is 1.76 bits per heavy atom. The number of benzene rings is 2. The summed E-state index contributed by atoms with van der Waals surface area (Å²) < 4.78 is 49.6. The highest BCUT2D eigenvalue weighted by atomic mass is 19.3. The monoisotopic (exact) mass is 462 g/mol. The lowest BCUT2D eigenvalue weighted by atomic mass is 10.1. The normalized spacial score (nSPS) is 15.7. The minimum atomic E-state index is -2.93. The molecule has 1 amide bonds. The molecule has 2 fully saturated rings. The van der Waals surface area contributed by atoms with Gasteiger partial charge in [-0.2, -0.15) is 8.78 Å². The van der Waals surface area contributed by atoms with Crippen LogP contribution in [0, 0.1) is 5.82 Å². The van der Waals surface area contributed by atoms with E-state index in [0.717, 1.165) is 31.2 Å². The number of halogens is 3. The lowest BCUT2D eigenvalue weighted by Crippen LogP contribution is -2.42. The number of ether oxygens (including phenoxy) is 2. The first-order chi connectivity index (χ1) is 15.9. The molecule has 0 saturated heterocycles. The Kier molecular flexibility index (Phi) is 7.42. The molecule has 0 radical (unpaired) electrons. The van der Waals surface area contributed by atoms with E-state index >= 15 is 0 Å². The average Bonchev–Trinajstić information content (AvgIpc) is 3.68. The molecule has 33 heavy (non-hydrogen) atoms. The van der Waals surface area contributed by atoms with Crippen molar-refractivity contribution in [3.8, 4) is 11.5 Å². The number of rotatable bonds is 12. The number of carbonyl (C=O) groups excluding carboxylic acids is 1. The summed E-state index contributed by atoms with van der Waals surface area (Å²) in [5.74, 6) is -0.0640. The summed E-state index contributed by atoms with van der Waals surface area (Å²) in [4.78, 5) is 17.2. The van der Waals surface area contributed by atoms with Crippen molar-refractivity contribution in [1.82, 2.24) is 9.80 Å². The summed E-state index contributed by atoms with van der Waals surface area (Å²) in [6.45, 7) is 0.149. The second-order valence-corrected chi connectivity index (χ2v) is 8.57. The summed E-state index contributed by atoms with van der Waals surface area (Å²) in [7, 11) is 0. The third-order valence-corrected chi connectivity index (χ3v) is 5.92. The Hall–Kier alpha value is -2.74. The van der Waals surface area contributed by atoms with Crippen molar-refractivity contribution in [2.75, 3.05) is 13.2 Å². The van der Waals surface area contributed by atoms with E-state index in [0.29, 0.717) is 24.8 Å². The third kappa shape index (κ3) is 6.41. The van der Waals surface area contributed by atoms with Crippen LogP contribution in [0.25, 0.3) is 0 Å². The summed E-state index contributed by atoms with van der Waals surface area (Å²) in [6.07, 6.45) is 3.89. The highest BCUT2D eigenvalue weighted by molar-refractivity contribution is 5.79. The molecule has 2 aromatic carbocycles. The first kappa shape index (κ1) is 23.4. The van der Waals surface area contributed by atoms with Gasteiger partial charge in [0.25, 0.3) is 0 Å². The first-order valence-electron chi connectivity index (χ1n) is 11.4. The standard InChI is InChI=1S/C25H29F3N2O3/c1-2-32-23-13-17(7-12-22(23)33-25(27)28)14-29(19-8-9-19)16-24(31)30(20-10-11-20)15-18-5-3-4-6-21(18)26/h3-7,12-13,19-20,25H,2,8-11,14-16H2,1H3. The van der Waals surface area contributed by atoms with Crippen molar-refractivity contribution in [2.45, 2.75) is 64.4 Å². The second kappa shape index (κ2) is 10.5. The molecule has 2 saturated carbocycles. The van der Waals surface area contributed by atoms with Crippen molar-refractivity contribution in [3.63, 3.8) is 0 Å². The van der Waals surface area contributed by atoms with Crippen molar-refractivity contribution in [1.29, 1.82) is 0 Å². The molecule has 2 aromatic rings. The van der Waals surface area contributed by atoms with Gasteiger partial charge < -0.3 is 14.4 Å². The molecule has 4 rings (SSSR count). The maximum absolute atomic E-state index is 14.2. The molecule has 0 N–H and O–H groups in total. The van der Waals surface area contributed by atoms with Crippen molar-refractivity contribution < 1.29 is 27.4 Å². The Labute approximate surface area is 192 Å². The molecule has 0 spiro atoms. The van der Waals surface area contributed by atoms with Crippen LogP contribution < -0.4 is 9.47 Å². The van der Waals surface area contributed by atoms with Crippen LogP contribution >= 0.6 is 0 Å². The number of alkyl halides is 2. The molecule has 0 atom stereocenters. The van der Waals surface area contributed by atoms with Gasteiger partial charge in [0.2, 0.25) is 5.91 Å². The van der Waals surface area contributed by atoms with E-state index in [9.17, 15) is 18.0 Å². The predicted molar refractivity (Wildman–Crippen MR) is 118 cm³/mol. The largest absolute Gasteiger partial charge is 0.490 e. The molecular weight excluding hydrogens is 433 g/mol. The van der Waals surface area contributed by atoms with Gasteiger partial charge in [0.15, 0.2) is 11.5 Å². The first-order valence-corrected chi connectivity index (χ1v) is 11.4. The van der Waals surface area contributed by atoms with Crippen LogP contribution in [-0.4, -0.2) is 47.6 Å². The number of amides is 1. The van der Waals surface area contributed by atoms with E-state index in [1.807, 2.05) is 0 Å². The fraction of sp³-hybridized carbons (Fsp3) is 0.480. The van der Waals surface area contributed by atoms with Gasteiger partial charge in [0, 0.05) is 30.7 Å². The van der Waals surface area contributed by atoms with Gasteiger partial charge in [-0.3, -0.25) is 9.69 Å². The van der Waals surface area contributed by atoms with Crippen LogP contribution in [0.4, 0.5) is 13.2 Å². The molecule has 2 aliphatic carbocycles. The van der Waals surface area contributed by atoms with Crippen LogP contribution in [0.1, 0.15) is 43.7 Å². The highest BCUT2D eigenvalue weighted by Gasteiger charge is 2.36. The maximum atomic E-state index is 14.2. The summed E-state index contributed by atoms with van der Waals surface area (Å²) in [6, 6.07) is 11.9. The Morgan fingerprint density at radius 1 is 1.03 bits per heavy atom. The zero-order valence-corrected chi connectivity index (χ0v) is 18.7. The molecule has 2 aliphatic rings. The fourth-order valence-corrected chi connectivity index (χ4v) is 3.98. The summed E-state index contributed by atoms with van der Waals surface area (Å²) >= 11 is 0. The SMILES string of the molecule is CCOc1cc(CN(CC(=O)N(Cc2ccccc2F)C2CC2)C2CC2)ccc1OC(F)F. The number of hydrogen-bond donors (Lipinski definition) is 0. The molecule has 0 bridgehead atoms. The van der Waals surface area contributed by atoms with Gasteiger partial charge in [-0.25, -0.2) is 4.39 Å². The fourth-order valence-electron chi connectivity index (χ4n) is 3.98. The Bertz CT molecular complexity index is 964. The van der Waals surface area contributed by atoms with Gasteiger partial charge in [-0.15, -0.1) is 0 Å². The molecule has 5 nitrogen and oxygen atoms in total. The topological polar surface area (TPSA) is 42.0 Å². The Balaban J connectivity index is 1.46. The van der Waals surface area contributed by atoms with E-state index in [1.54, 1.807) is 42.2 Å². The molecule has 178 valence electrons. The quantitative estimate of drug-likeness (QED) is 0.446. The minimum Gasteiger partial charge on any atom is -0.490 e.